The molecule has 0 bridgehead atoms. The van der Waals surface area contributed by atoms with Crippen LogP contribution in [0.25, 0.3) is 0 Å². The van der Waals surface area contributed by atoms with Crippen molar-refractivity contribution in [2.45, 2.75) is 19.4 Å². The molecule has 2 unspecified atom stereocenters. The van der Waals surface area contributed by atoms with Crippen LogP contribution in [0.1, 0.15) is 19.4 Å². The number of thioether (sulfide) groups is 1. The van der Waals surface area contributed by atoms with Crippen molar-refractivity contribution in [3.05, 3.63) is 31.4 Å². The monoisotopic (exact) mass is 449 g/mol. The van der Waals surface area contributed by atoms with Crippen molar-refractivity contribution in [3.8, 4) is 0 Å². The van der Waals surface area contributed by atoms with Gasteiger partial charge in [0.1, 0.15) is 0 Å². The smallest absolute Gasteiger partial charge is 0.193 e. The van der Waals surface area contributed by atoms with Crippen LogP contribution in [0.2, 0.25) is 0 Å². The topological polar surface area (TPSA) is 45.5 Å². The Bertz CT molecular complexity index is 477. The minimum absolute atomic E-state index is 0. The maximum Gasteiger partial charge on any atom is 0.193 e. The highest BCUT2D eigenvalue weighted by molar-refractivity contribution is 14.0. The summed E-state index contributed by atoms with van der Waals surface area (Å²) in [6.07, 6.45) is 8.96. The fourth-order valence-electron chi connectivity index (χ4n) is 2.83. The predicted octanol–water partition coefficient (Wildman–Crippen LogP) is 2.88. The molecule has 1 saturated heterocycles. The van der Waals surface area contributed by atoms with Gasteiger partial charge in [0.25, 0.3) is 0 Å². The Kier molecular flexibility index (Phi) is 9.69. The van der Waals surface area contributed by atoms with E-state index in [-0.39, 0.29) is 24.0 Å². The number of rotatable bonds is 6. The van der Waals surface area contributed by atoms with Crippen molar-refractivity contribution >= 4 is 41.7 Å². The number of hydrogen-bond donors (Lipinski definition) is 1. The maximum absolute atomic E-state index is 4.45. The molecule has 0 amide bonds. The predicted molar refractivity (Wildman–Crippen MR) is 111 cm³/mol. The average Bonchev–Trinajstić information content (AvgIpc) is 3.06. The van der Waals surface area contributed by atoms with E-state index < -0.39 is 0 Å². The highest BCUT2D eigenvalue weighted by Crippen LogP contribution is 2.27. The molecule has 1 aliphatic rings. The lowest BCUT2D eigenvalue weighted by Crippen LogP contribution is -2.49. The average molecular weight is 449 g/mol. The van der Waals surface area contributed by atoms with Crippen LogP contribution in [0.3, 0.4) is 0 Å². The number of aliphatic imine (C=N–C) groups is 1. The highest BCUT2D eigenvalue weighted by atomic mass is 127. The lowest BCUT2D eigenvalue weighted by atomic mass is 9.93. The number of nitrogens with one attached hydrogen (secondary N) is 1. The number of aromatic nitrogens is 2. The van der Waals surface area contributed by atoms with Gasteiger partial charge in [-0.3, -0.25) is 4.99 Å². The summed E-state index contributed by atoms with van der Waals surface area (Å²) < 4.78 is 2.23. The molecule has 2 atom stereocenters. The van der Waals surface area contributed by atoms with Crippen molar-refractivity contribution in [1.29, 1.82) is 0 Å². The summed E-state index contributed by atoms with van der Waals surface area (Å²) in [5.41, 5.74) is 0. The molecule has 0 spiro atoms. The molecule has 5 nitrogen and oxygen atoms in total. The lowest BCUT2D eigenvalue weighted by molar-refractivity contribution is 0.189. The van der Waals surface area contributed by atoms with Crippen LogP contribution in [-0.4, -0.2) is 58.6 Å². The highest BCUT2D eigenvalue weighted by Gasteiger charge is 2.28. The number of hydrogen-bond acceptors (Lipinski definition) is 3. The van der Waals surface area contributed by atoms with E-state index in [0.717, 1.165) is 37.1 Å². The van der Waals surface area contributed by atoms with Crippen molar-refractivity contribution < 1.29 is 0 Å². The normalized spacial score (nSPS) is 21.7. The number of nitrogens with zero attached hydrogens (tertiary/aromatic N) is 4. The lowest BCUT2D eigenvalue weighted by Gasteiger charge is -2.39. The summed E-state index contributed by atoms with van der Waals surface area (Å²) in [6.45, 7) is 9.05. The Morgan fingerprint density at radius 2 is 2.39 bits per heavy atom. The second kappa shape index (κ2) is 11.0. The first-order chi connectivity index (χ1) is 10.8. The molecule has 1 aromatic heterocycles. The van der Waals surface area contributed by atoms with Gasteiger partial charge < -0.3 is 14.8 Å². The largest absolute Gasteiger partial charge is 0.355 e. The van der Waals surface area contributed by atoms with Gasteiger partial charge in [0, 0.05) is 50.6 Å². The summed E-state index contributed by atoms with van der Waals surface area (Å²) in [5.74, 6) is 3.74. The SMILES string of the molecule is C=CCSCCNC(=NC)N1CCC(C)C(n2ccnc2)C1.I. The van der Waals surface area contributed by atoms with Crippen molar-refractivity contribution in [2.75, 3.05) is 38.2 Å². The molecule has 1 aromatic rings. The van der Waals surface area contributed by atoms with E-state index in [1.165, 1.54) is 6.42 Å². The fraction of sp³-hybridized carbons (Fsp3) is 0.625. The molecule has 1 aliphatic heterocycles. The third kappa shape index (κ3) is 6.02. The van der Waals surface area contributed by atoms with E-state index in [2.05, 4.69) is 44.5 Å². The molecule has 1 fully saturated rings. The molecule has 130 valence electrons. The van der Waals surface area contributed by atoms with Gasteiger partial charge in [-0.05, 0) is 12.3 Å². The van der Waals surface area contributed by atoms with E-state index in [1.54, 1.807) is 0 Å². The number of imidazole rings is 1. The first-order valence-electron chi connectivity index (χ1n) is 7.88. The molecule has 0 radical (unpaired) electrons. The van der Waals surface area contributed by atoms with E-state index in [0.29, 0.717) is 12.0 Å². The number of piperidine rings is 1. The zero-order valence-electron chi connectivity index (χ0n) is 14.0. The van der Waals surface area contributed by atoms with Gasteiger partial charge in [-0.15, -0.1) is 30.6 Å². The summed E-state index contributed by atoms with van der Waals surface area (Å²) in [4.78, 5) is 11.0. The molecule has 0 saturated carbocycles. The standard InChI is InChI=1S/C16H27N5S.HI/c1-4-10-22-11-7-19-16(17-3)20-8-5-14(2)15(12-20)21-9-6-18-13-21;/h4,6,9,13-15H,1,5,7-8,10-12H2,2-3H3,(H,17,19);1H. The molecule has 0 aromatic carbocycles. The van der Waals surface area contributed by atoms with Crippen LogP contribution >= 0.6 is 35.7 Å². The zero-order chi connectivity index (χ0) is 15.8. The Labute approximate surface area is 161 Å². The second-order valence-electron chi connectivity index (χ2n) is 5.63. The Balaban J connectivity index is 0.00000264. The maximum atomic E-state index is 4.45. The van der Waals surface area contributed by atoms with Crippen LogP contribution in [0.15, 0.2) is 36.4 Å². The zero-order valence-corrected chi connectivity index (χ0v) is 17.2. The van der Waals surface area contributed by atoms with Crippen LogP contribution in [0.5, 0.6) is 0 Å². The number of halogens is 1. The second-order valence-corrected chi connectivity index (χ2v) is 6.78. The minimum atomic E-state index is 0. The summed E-state index contributed by atoms with van der Waals surface area (Å²) in [6, 6.07) is 0.463. The first kappa shape index (κ1) is 20.3. The van der Waals surface area contributed by atoms with Gasteiger partial charge in [-0.1, -0.05) is 13.0 Å². The molecule has 0 aliphatic carbocycles. The van der Waals surface area contributed by atoms with E-state index in [9.17, 15) is 0 Å². The third-order valence-electron chi connectivity index (χ3n) is 4.10. The van der Waals surface area contributed by atoms with E-state index in [1.807, 2.05) is 37.4 Å². The summed E-state index contributed by atoms with van der Waals surface area (Å²) in [7, 11) is 1.86. The van der Waals surface area contributed by atoms with Crippen LogP contribution in [0.4, 0.5) is 0 Å². The molecule has 23 heavy (non-hydrogen) atoms. The van der Waals surface area contributed by atoms with Crippen molar-refractivity contribution in [3.63, 3.8) is 0 Å². The third-order valence-corrected chi connectivity index (χ3v) is 5.07. The molecular formula is C16H28IN5S. The van der Waals surface area contributed by atoms with Crippen molar-refractivity contribution in [1.82, 2.24) is 19.8 Å². The van der Waals surface area contributed by atoms with Gasteiger partial charge in [0.05, 0.1) is 12.4 Å². The first-order valence-corrected chi connectivity index (χ1v) is 9.03. The minimum Gasteiger partial charge on any atom is -0.355 e. The molecule has 1 N–H and O–H groups in total. The fourth-order valence-corrected chi connectivity index (χ4v) is 3.41. The quantitative estimate of drug-likeness (QED) is 0.239. The van der Waals surface area contributed by atoms with Gasteiger partial charge in [-0.25, -0.2) is 4.98 Å². The summed E-state index contributed by atoms with van der Waals surface area (Å²) >= 11 is 1.88. The molecule has 7 heteroatoms. The molecule has 2 heterocycles. The van der Waals surface area contributed by atoms with Crippen molar-refractivity contribution in [2.24, 2.45) is 10.9 Å². The van der Waals surface area contributed by atoms with Gasteiger partial charge in [-0.2, -0.15) is 11.8 Å². The Morgan fingerprint density at radius 3 is 3.04 bits per heavy atom. The van der Waals surface area contributed by atoms with Gasteiger partial charge in [0.2, 0.25) is 0 Å². The Morgan fingerprint density at radius 1 is 1.57 bits per heavy atom. The molecular weight excluding hydrogens is 421 g/mol. The van der Waals surface area contributed by atoms with Crippen LogP contribution in [-0.2, 0) is 0 Å². The Hall–Kier alpha value is -0.700. The number of likely N-dealkylation sites (tertiary alicyclic amines) is 1. The van der Waals surface area contributed by atoms with Crippen LogP contribution < -0.4 is 5.32 Å². The molecule has 2 rings (SSSR count). The number of guanidine groups is 1. The van der Waals surface area contributed by atoms with Gasteiger partial charge in [0.15, 0.2) is 5.96 Å². The van der Waals surface area contributed by atoms with Crippen LogP contribution in [0, 0.1) is 5.92 Å². The van der Waals surface area contributed by atoms with E-state index >= 15 is 0 Å². The summed E-state index contributed by atoms with van der Waals surface area (Å²) in [5, 5.41) is 3.47. The van der Waals surface area contributed by atoms with Gasteiger partial charge >= 0.3 is 0 Å². The van der Waals surface area contributed by atoms with E-state index in [4.69, 9.17) is 0 Å².